The molecule has 134 valence electrons. The average Bonchev–Trinajstić information content (AvgIpc) is 3.10. The minimum atomic E-state index is -0.584. The van der Waals surface area contributed by atoms with Gasteiger partial charge >= 0.3 is 0 Å². The molecule has 3 rings (SSSR count). The summed E-state index contributed by atoms with van der Waals surface area (Å²) in [6, 6.07) is 6.78. The van der Waals surface area contributed by atoms with Gasteiger partial charge in [-0.2, -0.15) is 0 Å². The summed E-state index contributed by atoms with van der Waals surface area (Å²) in [7, 11) is 0. The minimum Gasteiger partial charge on any atom is -0.455 e. The van der Waals surface area contributed by atoms with Gasteiger partial charge in [0.25, 0.3) is 5.91 Å². The van der Waals surface area contributed by atoms with Crippen LogP contribution in [-0.2, 0) is 6.54 Å². The third-order valence-electron chi connectivity index (χ3n) is 4.64. The summed E-state index contributed by atoms with van der Waals surface area (Å²) >= 11 is 0. The van der Waals surface area contributed by atoms with E-state index in [1.54, 1.807) is 17.0 Å². The number of rotatable bonds is 4. The lowest BCUT2D eigenvalue weighted by molar-refractivity contribution is 0.0548. The first-order valence-corrected chi connectivity index (χ1v) is 8.26. The third kappa shape index (κ3) is 3.72. The Bertz CT molecular complexity index is 755. The molecule has 0 spiro atoms. The number of benzene rings is 1. The third-order valence-corrected chi connectivity index (χ3v) is 4.64. The van der Waals surface area contributed by atoms with Gasteiger partial charge < -0.3 is 15.1 Å². The fourth-order valence-corrected chi connectivity index (χ4v) is 3.11. The molecule has 1 aromatic heterocycles. The molecule has 1 aromatic carbocycles. The monoisotopic (exact) mass is 349 g/mol. The van der Waals surface area contributed by atoms with Crippen LogP contribution in [-0.4, -0.2) is 41.9 Å². The zero-order valence-corrected chi connectivity index (χ0v) is 14.0. The van der Waals surface area contributed by atoms with Gasteiger partial charge in [0, 0.05) is 43.9 Å². The predicted molar refractivity (Wildman–Crippen MR) is 88.8 cm³/mol. The lowest BCUT2D eigenvalue weighted by Crippen LogP contribution is -2.49. The molecule has 2 aromatic rings. The van der Waals surface area contributed by atoms with E-state index >= 15 is 0 Å². The fourth-order valence-electron chi connectivity index (χ4n) is 3.11. The van der Waals surface area contributed by atoms with E-state index in [0.29, 0.717) is 37.5 Å². The van der Waals surface area contributed by atoms with Crippen LogP contribution in [0.3, 0.4) is 0 Å². The van der Waals surface area contributed by atoms with Gasteiger partial charge in [0.15, 0.2) is 5.76 Å². The maximum absolute atomic E-state index is 14.0. The first-order chi connectivity index (χ1) is 12.0. The molecule has 1 unspecified atom stereocenters. The van der Waals surface area contributed by atoms with Gasteiger partial charge in [0.05, 0.1) is 6.54 Å². The highest BCUT2D eigenvalue weighted by atomic mass is 19.1. The second-order valence-electron chi connectivity index (χ2n) is 6.14. The van der Waals surface area contributed by atoms with E-state index in [9.17, 15) is 13.6 Å². The van der Waals surface area contributed by atoms with Crippen molar-refractivity contribution in [2.45, 2.75) is 19.5 Å². The molecule has 1 aliphatic rings. The molecular weight excluding hydrogens is 328 g/mol. The Balaban J connectivity index is 1.62. The molecule has 2 N–H and O–H groups in total. The van der Waals surface area contributed by atoms with Crippen molar-refractivity contribution in [3.8, 4) is 0 Å². The van der Waals surface area contributed by atoms with Gasteiger partial charge in [0.1, 0.15) is 17.4 Å². The second kappa shape index (κ2) is 7.33. The number of hydrogen-bond acceptors (Lipinski definition) is 4. The van der Waals surface area contributed by atoms with Crippen molar-refractivity contribution in [2.24, 2.45) is 5.73 Å². The standard InChI is InChI=1S/C18H21F2N3O2/c1-12(15-4-2-13(19)10-16(15)20)22-6-8-23(9-7-22)18(24)17-5-3-14(11-21)25-17/h2-5,10,12H,6-9,11,21H2,1H3. The van der Waals surface area contributed by atoms with Crippen LogP contribution in [0.4, 0.5) is 8.78 Å². The van der Waals surface area contributed by atoms with Crippen LogP contribution in [0, 0.1) is 11.6 Å². The zero-order valence-electron chi connectivity index (χ0n) is 14.0. The SMILES string of the molecule is CC(c1ccc(F)cc1F)N1CCN(C(=O)c2ccc(CN)o2)CC1. The first kappa shape index (κ1) is 17.6. The normalized spacial score (nSPS) is 16.9. The molecule has 0 radical (unpaired) electrons. The Morgan fingerprint density at radius 3 is 2.52 bits per heavy atom. The summed E-state index contributed by atoms with van der Waals surface area (Å²) in [5.41, 5.74) is 5.95. The van der Waals surface area contributed by atoms with Gasteiger partial charge in [-0.05, 0) is 25.1 Å². The van der Waals surface area contributed by atoms with Gasteiger partial charge in [0.2, 0.25) is 0 Å². The molecule has 0 saturated carbocycles. The average molecular weight is 349 g/mol. The maximum atomic E-state index is 14.0. The summed E-state index contributed by atoms with van der Waals surface area (Å²) in [6.07, 6.45) is 0. The number of amides is 1. The van der Waals surface area contributed by atoms with Crippen molar-refractivity contribution in [1.82, 2.24) is 9.80 Å². The van der Waals surface area contributed by atoms with Gasteiger partial charge in [-0.15, -0.1) is 0 Å². The van der Waals surface area contributed by atoms with E-state index in [4.69, 9.17) is 10.2 Å². The van der Waals surface area contributed by atoms with E-state index < -0.39 is 11.6 Å². The number of nitrogens with zero attached hydrogens (tertiary/aromatic N) is 2. The quantitative estimate of drug-likeness (QED) is 0.921. The van der Waals surface area contributed by atoms with E-state index in [2.05, 4.69) is 4.90 Å². The Hall–Kier alpha value is -2.25. The smallest absolute Gasteiger partial charge is 0.289 e. The number of carbonyl (C=O) groups excluding carboxylic acids is 1. The van der Waals surface area contributed by atoms with Crippen LogP contribution < -0.4 is 5.73 Å². The number of hydrogen-bond donors (Lipinski definition) is 1. The van der Waals surface area contributed by atoms with Gasteiger partial charge in [-0.3, -0.25) is 9.69 Å². The summed E-state index contributed by atoms with van der Waals surface area (Å²) in [5, 5.41) is 0. The van der Waals surface area contributed by atoms with Gasteiger partial charge in [-0.1, -0.05) is 6.07 Å². The number of furan rings is 1. The van der Waals surface area contributed by atoms with Crippen molar-refractivity contribution < 1.29 is 18.0 Å². The van der Waals surface area contributed by atoms with Crippen molar-refractivity contribution in [3.63, 3.8) is 0 Å². The summed E-state index contributed by atoms with van der Waals surface area (Å²) in [5.74, 6) is -0.441. The summed E-state index contributed by atoms with van der Waals surface area (Å²) in [6.45, 7) is 4.38. The van der Waals surface area contributed by atoms with Crippen LogP contribution >= 0.6 is 0 Å². The summed E-state index contributed by atoms with van der Waals surface area (Å²) in [4.78, 5) is 16.2. The molecule has 0 aliphatic carbocycles. The highest BCUT2D eigenvalue weighted by Crippen LogP contribution is 2.25. The van der Waals surface area contributed by atoms with Crippen molar-refractivity contribution in [2.75, 3.05) is 26.2 Å². The predicted octanol–water partition coefficient (Wildman–Crippen LogP) is 2.54. The Morgan fingerprint density at radius 2 is 1.92 bits per heavy atom. The lowest BCUT2D eigenvalue weighted by Gasteiger charge is -2.38. The van der Waals surface area contributed by atoms with Crippen LogP contribution in [0.1, 0.15) is 34.8 Å². The molecular formula is C18H21F2N3O2. The van der Waals surface area contributed by atoms with E-state index in [1.807, 2.05) is 6.92 Å². The molecule has 1 atom stereocenters. The molecule has 1 aliphatic heterocycles. The van der Waals surface area contributed by atoms with Crippen LogP contribution in [0.5, 0.6) is 0 Å². The first-order valence-electron chi connectivity index (χ1n) is 8.26. The molecule has 1 fully saturated rings. The topological polar surface area (TPSA) is 62.7 Å². The highest BCUT2D eigenvalue weighted by Gasteiger charge is 2.27. The number of carbonyl (C=O) groups is 1. The molecule has 1 saturated heterocycles. The van der Waals surface area contributed by atoms with Crippen LogP contribution in [0.25, 0.3) is 0 Å². The van der Waals surface area contributed by atoms with Crippen molar-refractivity contribution >= 4 is 5.91 Å². The maximum Gasteiger partial charge on any atom is 0.289 e. The van der Waals surface area contributed by atoms with Gasteiger partial charge in [-0.25, -0.2) is 8.78 Å². The molecule has 2 heterocycles. The zero-order chi connectivity index (χ0) is 18.0. The minimum absolute atomic E-state index is 0.167. The highest BCUT2D eigenvalue weighted by molar-refractivity contribution is 5.91. The fraction of sp³-hybridized carbons (Fsp3) is 0.389. The van der Waals surface area contributed by atoms with E-state index in [1.165, 1.54) is 12.1 Å². The van der Waals surface area contributed by atoms with Crippen LogP contribution in [0.2, 0.25) is 0 Å². The van der Waals surface area contributed by atoms with Crippen molar-refractivity contribution in [3.05, 3.63) is 59.1 Å². The Morgan fingerprint density at radius 1 is 1.20 bits per heavy atom. The number of piperazine rings is 1. The van der Waals surface area contributed by atoms with E-state index in [-0.39, 0.29) is 24.3 Å². The molecule has 5 nitrogen and oxygen atoms in total. The number of nitrogens with two attached hydrogens (primary N) is 1. The largest absolute Gasteiger partial charge is 0.455 e. The molecule has 25 heavy (non-hydrogen) atoms. The second-order valence-corrected chi connectivity index (χ2v) is 6.14. The molecule has 7 heteroatoms. The van der Waals surface area contributed by atoms with E-state index in [0.717, 1.165) is 6.07 Å². The lowest BCUT2D eigenvalue weighted by atomic mass is 10.1. The Kier molecular flexibility index (Phi) is 5.15. The Labute approximate surface area is 145 Å². The number of halogens is 2. The summed E-state index contributed by atoms with van der Waals surface area (Å²) < 4.78 is 32.4. The molecule has 0 bridgehead atoms. The molecule has 1 amide bonds. The van der Waals surface area contributed by atoms with Crippen molar-refractivity contribution in [1.29, 1.82) is 0 Å². The van der Waals surface area contributed by atoms with Crippen LogP contribution in [0.15, 0.2) is 34.7 Å².